The average Bonchev–Trinajstić information content (AvgIpc) is 2.81. The molecule has 0 atom stereocenters. The van der Waals surface area contributed by atoms with E-state index in [1.807, 2.05) is 0 Å². The van der Waals surface area contributed by atoms with Crippen LogP contribution in [0.4, 0.5) is 4.39 Å². The number of fused-ring (bicyclic) bond motifs is 1. The van der Waals surface area contributed by atoms with Crippen molar-refractivity contribution in [3.8, 4) is 11.4 Å². The van der Waals surface area contributed by atoms with Crippen LogP contribution in [0.3, 0.4) is 0 Å². The van der Waals surface area contributed by atoms with Gasteiger partial charge in [-0.2, -0.15) is 0 Å². The molecule has 6 nitrogen and oxygen atoms in total. The molecule has 0 radical (unpaired) electrons. The molecule has 3 aromatic rings. The number of nitrogens with zero attached hydrogens (tertiary/aromatic N) is 2. The van der Waals surface area contributed by atoms with Gasteiger partial charge < -0.3 is 4.98 Å². The molecule has 0 unspecified atom stereocenters. The van der Waals surface area contributed by atoms with Crippen LogP contribution in [0, 0.1) is 12.7 Å². The molecule has 102 valence electrons. The Labute approximate surface area is 111 Å². The molecule has 20 heavy (non-hydrogen) atoms. The zero-order valence-corrected chi connectivity index (χ0v) is 10.8. The Morgan fingerprint density at radius 2 is 2.00 bits per heavy atom. The van der Waals surface area contributed by atoms with E-state index in [2.05, 4.69) is 15.0 Å². The fourth-order valence-corrected chi connectivity index (χ4v) is 2.13. The van der Waals surface area contributed by atoms with E-state index in [1.54, 1.807) is 13.0 Å². The van der Waals surface area contributed by atoms with Crippen LogP contribution < -0.4 is 11.2 Å². The molecular formula is C13H11FN4O2. The van der Waals surface area contributed by atoms with Crippen LogP contribution in [0.1, 0.15) is 5.56 Å². The first kappa shape index (κ1) is 12.3. The lowest BCUT2D eigenvalue weighted by Gasteiger charge is -2.01. The molecule has 0 fully saturated rings. The topological polar surface area (TPSA) is 83.5 Å². The molecule has 2 N–H and O–H groups in total. The normalized spacial score (nSPS) is 11.2. The number of hydrogen-bond acceptors (Lipinski definition) is 3. The number of aromatic amines is 2. The summed E-state index contributed by atoms with van der Waals surface area (Å²) < 4.78 is 14.4. The standard InChI is InChI=1S/C13H11FN4O2/c1-6-5-7(14)3-4-8(6)10-15-9-11(16-10)18(2)13(20)17-12(9)19/h3-5H,1-2H3,(H,15,16)(H,17,19,20). The number of imidazole rings is 1. The Morgan fingerprint density at radius 1 is 1.25 bits per heavy atom. The predicted molar refractivity (Wildman–Crippen MR) is 72.1 cm³/mol. The molecule has 0 aliphatic rings. The largest absolute Gasteiger partial charge is 0.332 e. The number of H-pyrrole nitrogens is 2. The molecule has 1 aromatic carbocycles. The van der Waals surface area contributed by atoms with E-state index in [9.17, 15) is 14.0 Å². The van der Waals surface area contributed by atoms with E-state index in [0.717, 1.165) is 0 Å². The third kappa shape index (κ3) is 1.75. The maximum absolute atomic E-state index is 13.1. The van der Waals surface area contributed by atoms with Gasteiger partial charge in [-0.25, -0.2) is 14.2 Å². The average molecular weight is 274 g/mol. The minimum atomic E-state index is -0.531. The molecule has 2 aromatic heterocycles. The highest BCUT2D eigenvalue weighted by Gasteiger charge is 2.13. The number of hydrogen-bond donors (Lipinski definition) is 2. The van der Waals surface area contributed by atoms with E-state index < -0.39 is 11.2 Å². The van der Waals surface area contributed by atoms with Crippen molar-refractivity contribution in [1.29, 1.82) is 0 Å². The van der Waals surface area contributed by atoms with Gasteiger partial charge in [0.25, 0.3) is 5.56 Å². The van der Waals surface area contributed by atoms with E-state index in [0.29, 0.717) is 17.0 Å². The van der Waals surface area contributed by atoms with E-state index in [-0.39, 0.29) is 17.0 Å². The number of aromatic nitrogens is 4. The first-order valence-electron chi connectivity index (χ1n) is 5.93. The lowest BCUT2D eigenvalue weighted by molar-refractivity contribution is 0.627. The van der Waals surface area contributed by atoms with Gasteiger partial charge in [0.1, 0.15) is 17.2 Å². The van der Waals surface area contributed by atoms with Crippen LogP contribution in [-0.4, -0.2) is 19.5 Å². The van der Waals surface area contributed by atoms with Crippen molar-refractivity contribution in [2.24, 2.45) is 7.05 Å². The molecule has 0 bridgehead atoms. The van der Waals surface area contributed by atoms with E-state index >= 15 is 0 Å². The summed E-state index contributed by atoms with van der Waals surface area (Å²) in [4.78, 5) is 32.6. The lowest BCUT2D eigenvalue weighted by atomic mass is 10.1. The Kier molecular flexibility index (Phi) is 2.56. The number of rotatable bonds is 1. The third-order valence-electron chi connectivity index (χ3n) is 3.20. The quantitative estimate of drug-likeness (QED) is 0.696. The maximum atomic E-state index is 13.1. The molecule has 7 heteroatoms. The van der Waals surface area contributed by atoms with Crippen LogP contribution in [0.5, 0.6) is 0 Å². The van der Waals surface area contributed by atoms with Crippen LogP contribution in [0.2, 0.25) is 0 Å². The van der Waals surface area contributed by atoms with Gasteiger partial charge in [0, 0.05) is 12.6 Å². The van der Waals surface area contributed by atoms with Crippen molar-refractivity contribution in [2.75, 3.05) is 0 Å². The molecule has 0 spiro atoms. The van der Waals surface area contributed by atoms with Crippen LogP contribution in [0.15, 0.2) is 27.8 Å². The molecule has 0 saturated carbocycles. The van der Waals surface area contributed by atoms with Gasteiger partial charge in [-0.1, -0.05) is 0 Å². The number of nitrogens with one attached hydrogen (secondary N) is 2. The molecule has 3 rings (SSSR count). The van der Waals surface area contributed by atoms with Gasteiger partial charge in [0.15, 0.2) is 5.65 Å². The first-order chi connectivity index (χ1) is 9.47. The minimum Gasteiger partial charge on any atom is -0.332 e. The lowest BCUT2D eigenvalue weighted by Crippen LogP contribution is -2.28. The Bertz CT molecular complexity index is 936. The van der Waals surface area contributed by atoms with Gasteiger partial charge in [-0.15, -0.1) is 0 Å². The van der Waals surface area contributed by atoms with Gasteiger partial charge in [-0.05, 0) is 30.7 Å². The summed E-state index contributed by atoms with van der Waals surface area (Å²) in [5.41, 5.74) is 0.779. The molecule has 0 amide bonds. The summed E-state index contributed by atoms with van der Waals surface area (Å²) in [7, 11) is 1.52. The molecule has 0 saturated heterocycles. The van der Waals surface area contributed by atoms with Gasteiger partial charge in [0.05, 0.1) is 0 Å². The van der Waals surface area contributed by atoms with E-state index in [4.69, 9.17) is 0 Å². The zero-order valence-electron chi connectivity index (χ0n) is 10.8. The summed E-state index contributed by atoms with van der Waals surface area (Å²) in [6.45, 7) is 1.74. The summed E-state index contributed by atoms with van der Waals surface area (Å²) in [5.74, 6) is 0.0804. The maximum Gasteiger partial charge on any atom is 0.329 e. The smallest absolute Gasteiger partial charge is 0.329 e. The van der Waals surface area contributed by atoms with Crippen LogP contribution >= 0.6 is 0 Å². The highest BCUT2D eigenvalue weighted by atomic mass is 19.1. The fourth-order valence-electron chi connectivity index (χ4n) is 2.13. The summed E-state index contributed by atoms with van der Waals surface area (Å²) >= 11 is 0. The highest BCUT2D eigenvalue weighted by molar-refractivity contribution is 5.76. The monoisotopic (exact) mass is 274 g/mol. The van der Waals surface area contributed by atoms with Gasteiger partial charge in [0.2, 0.25) is 0 Å². The zero-order chi connectivity index (χ0) is 14.4. The minimum absolute atomic E-state index is 0.214. The first-order valence-corrected chi connectivity index (χ1v) is 5.93. The molecular weight excluding hydrogens is 263 g/mol. The molecule has 0 aliphatic heterocycles. The molecule has 0 aliphatic carbocycles. The number of halogens is 1. The summed E-state index contributed by atoms with van der Waals surface area (Å²) in [6, 6.07) is 4.28. The predicted octanol–water partition coefficient (Wildman–Crippen LogP) is 1.06. The van der Waals surface area contributed by atoms with Crippen molar-refractivity contribution in [1.82, 2.24) is 19.5 Å². The second-order valence-electron chi connectivity index (χ2n) is 4.56. The van der Waals surface area contributed by atoms with Crippen molar-refractivity contribution < 1.29 is 4.39 Å². The SMILES string of the molecule is Cc1cc(F)ccc1-c1nc2c([nH]1)c(=O)[nH]c(=O)n2C. The highest BCUT2D eigenvalue weighted by Crippen LogP contribution is 2.22. The Hall–Kier alpha value is -2.70. The Balaban J connectivity index is 2.34. The fraction of sp³-hybridized carbons (Fsp3) is 0.154. The van der Waals surface area contributed by atoms with Crippen LogP contribution in [-0.2, 0) is 7.05 Å². The number of aryl methyl sites for hydroxylation is 2. The van der Waals surface area contributed by atoms with Crippen molar-refractivity contribution >= 4 is 11.2 Å². The molecule has 2 heterocycles. The second kappa shape index (κ2) is 4.16. The summed E-state index contributed by atoms with van der Waals surface area (Å²) in [5, 5.41) is 0. The van der Waals surface area contributed by atoms with Gasteiger partial charge in [-0.3, -0.25) is 14.3 Å². The third-order valence-corrected chi connectivity index (χ3v) is 3.20. The summed E-state index contributed by atoms with van der Waals surface area (Å²) in [6.07, 6.45) is 0. The van der Waals surface area contributed by atoms with E-state index in [1.165, 1.54) is 23.7 Å². The Morgan fingerprint density at radius 3 is 2.70 bits per heavy atom. The second-order valence-corrected chi connectivity index (χ2v) is 4.56. The van der Waals surface area contributed by atoms with Crippen molar-refractivity contribution in [2.45, 2.75) is 6.92 Å². The van der Waals surface area contributed by atoms with Gasteiger partial charge >= 0.3 is 5.69 Å². The van der Waals surface area contributed by atoms with Crippen molar-refractivity contribution in [3.63, 3.8) is 0 Å². The van der Waals surface area contributed by atoms with Crippen molar-refractivity contribution in [3.05, 3.63) is 50.4 Å². The number of benzene rings is 1. The van der Waals surface area contributed by atoms with Crippen LogP contribution in [0.25, 0.3) is 22.6 Å².